The van der Waals surface area contributed by atoms with E-state index in [0.29, 0.717) is 26.1 Å². The number of nitrogens with one attached hydrogen (secondary N) is 1. The molecule has 0 unspecified atom stereocenters. The second-order valence-corrected chi connectivity index (χ2v) is 8.93. The number of aliphatic imine (C=N–C) groups is 1. The molecule has 0 aromatic carbocycles. The van der Waals surface area contributed by atoms with Crippen LogP contribution in [0.1, 0.15) is 19.0 Å². The summed E-state index contributed by atoms with van der Waals surface area (Å²) in [5.74, 6) is 1.05. The summed E-state index contributed by atoms with van der Waals surface area (Å²) in [5, 5.41) is 3.26. The number of aromatic nitrogens is 1. The van der Waals surface area contributed by atoms with Gasteiger partial charge in [0.1, 0.15) is 0 Å². The molecule has 1 fully saturated rings. The minimum Gasteiger partial charge on any atom is -0.357 e. The summed E-state index contributed by atoms with van der Waals surface area (Å²) in [6, 6.07) is 2.08. The van der Waals surface area contributed by atoms with Crippen LogP contribution in [0.5, 0.6) is 0 Å². The third-order valence-corrected chi connectivity index (χ3v) is 6.37. The van der Waals surface area contributed by atoms with Crippen LogP contribution < -0.4 is 5.32 Å². The van der Waals surface area contributed by atoms with E-state index >= 15 is 0 Å². The average molecular weight is 548 g/mol. The van der Waals surface area contributed by atoms with Gasteiger partial charge in [-0.1, -0.05) is 0 Å². The van der Waals surface area contributed by atoms with Gasteiger partial charge >= 0.3 is 0 Å². The number of rotatable bonds is 6. The van der Waals surface area contributed by atoms with Crippen molar-refractivity contribution in [1.82, 2.24) is 19.1 Å². The van der Waals surface area contributed by atoms with E-state index in [1.165, 1.54) is 4.31 Å². The molecular formula is C15H27BrIN5O2S. The molecule has 2 heterocycles. The van der Waals surface area contributed by atoms with Gasteiger partial charge in [0.2, 0.25) is 10.0 Å². The number of sulfonamides is 1. The third-order valence-electron chi connectivity index (χ3n) is 3.98. The van der Waals surface area contributed by atoms with Crippen LogP contribution in [0.25, 0.3) is 0 Å². The van der Waals surface area contributed by atoms with Crippen LogP contribution in [-0.4, -0.2) is 67.1 Å². The molecule has 144 valence electrons. The van der Waals surface area contributed by atoms with Crippen molar-refractivity contribution in [2.75, 3.05) is 39.0 Å². The van der Waals surface area contributed by atoms with E-state index in [1.54, 1.807) is 0 Å². The SMILES string of the molecule is CCNC(=NCCN1CCCS1(=O)=O)N(C)Cc1cc(Br)cn1C.I. The minimum atomic E-state index is -3.05. The Hall–Kier alpha value is -0.330. The van der Waals surface area contributed by atoms with Gasteiger partial charge in [0.05, 0.1) is 18.8 Å². The van der Waals surface area contributed by atoms with Gasteiger partial charge in [0, 0.05) is 50.1 Å². The van der Waals surface area contributed by atoms with Crippen LogP contribution in [0.15, 0.2) is 21.7 Å². The molecule has 7 nitrogen and oxygen atoms in total. The molecule has 0 aliphatic carbocycles. The van der Waals surface area contributed by atoms with Crippen LogP contribution in [0.4, 0.5) is 0 Å². The largest absolute Gasteiger partial charge is 0.357 e. The lowest BCUT2D eigenvalue weighted by atomic mass is 10.4. The molecule has 1 aliphatic rings. The molecule has 1 aromatic heterocycles. The Morgan fingerprint density at radius 3 is 2.72 bits per heavy atom. The molecule has 1 saturated heterocycles. The highest BCUT2D eigenvalue weighted by atomic mass is 127. The van der Waals surface area contributed by atoms with Crippen molar-refractivity contribution in [3.63, 3.8) is 0 Å². The summed E-state index contributed by atoms with van der Waals surface area (Å²) in [5.41, 5.74) is 1.16. The summed E-state index contributed by atoms with van der Waals surface area (Å²) in [7, 11) is 0.944. The molecule has 1 aliphatic heterocycles. The molecule has 0 bridgehead atoms. The molecule has 25 heavy (non-hydrogen) atoms. The monoisotopic (exact) mass is 547 g/mol. The predicted octanol–water partition coefficient (Wildman–Crippen LogP) is 1.84. The maximum Gasteiger partial charge on any atom is 0.214 e. The second kappa shape index (κ2) is 10.1. The fourth-order valence-electron chi connectivity index (χ4n) is 2.72. The van der Waals surface area contributed by atoms with E-state index in [4.69, 9.17) is 0 Å². The Kier molecular flexibility index (Phi) is 9.19. The molecule has 10 heteroatoms. The van der Waals surface area contributed by atoms with Crippen molar-refractivity contribution in [2.24, 2.45) is 12.0 Å². The quantitative estimate of drug-likeness (QED) is 0.335. The number of nitrogens with zero attached hydrogens (tertiary/aromatic N) is 4. The number of hydrogen-bond donors (Lipinski definition) is 1. The number of aryl methyl sites for hydroxylation is 1. The molecule has 1 aromatic rings. The van der Waals surface area contributed by atoms with Crippen LogP contribution >= 0.6 is 39.9 Å². The van der Waals surface area contributed by atoms with Crippen molar-refractivity contribution in [3.05, 3.63) is 22.4 Å². The van der Waals surface area contributed by atoms with Crippen LogP contribution in [0.3, 0.4) is 0 Å². The number of halogens is 2. The van der Waals surface area contributed by atoms with Gasteiger partial charge < -0.3 is 14.8 Å². The van der Waals surface area contributed by atoms with Gasteiger partial charge in [0.15, 0.2) is 5.96 Å². The van der Waals surface area contributed by atoms with Gasteiger partial charge in [-0.3, -0.25) is 4.99 Å². The number of guanidine groups is 1. The van der Waals surface area contributed by atoms with Crippen LogP contribution in [0.2, 0.25) is 0 Å². The standard InChI is InChI=1S/C15H26BrN5O2S.HI/c1-4-17-15(18-6-8-21-7-5-9-24(21,22)23)20(3)12-14-10-13(16)11-19(14)2;/h10-11H,4-9,12H2,1-3H3,(H,17,18);1H. The molecule has 0 radical (unpaired) electrons. The van der Waals surface area contributed by atoms with Gasteiger partial charge in [-0.05, 0) is 35.3 Å². The zero-order valence-corrected chi connectivity index (χ0v) is 19.6. The first-order chi connectivity index (χ1) is 11.3. The molecule has 2 rings (SSSR count). The van der Waals surface area contributed by atoms with E-state index in [-0.39, 0.29) is 29.7 Å². The molecule has 0 amide bonds. The summed E-state index contributed by atoms with van der Waals surface area (Å²) in [6.45, 7) is 5.02. The summed E-state index contributed by atoms with van der Waals surface area (Å²) >= 11 is 3.48. The zero-order valence-electron chi connectivity index (χ0n) is 14.9. The maximum atomic E-state index is 11.8. The third kappa shape index (κ3) is 6.40. The predicted molar refractivity (Wildman–Crippen MR) is 116 cm³/mol. The Morgan fingerprint density at radius 2 is 2.20 bits per heavy atom. The fourth-order valence-corrected chi connectivity index (χ4v) is 4.81. The van der Waals surface area contributed by atoms with Gasteiger partial charge in [-0.15, -0.1) is 24.0 Å². The Bertz CT molecular complexity index is 692. The lowest BCUT2D eigenvalue weighted by Gasteiger charge is -2.22. The van der Waals surface area contributed by atoms with E-state index < -0.39 is 10.0 Å². The maximum absolute atomic E-state index is 11.8. The Labute approximate surface area is 176 Å². The first kappa shape index (κ1) is 22.7. The Balaban J connectivity index is 0.00000312. The molecule has 1 N–H and O–H groups in total. The first-order valence-corrected chi connectivity index (χ1v) is 10.5. The molecule has 0 saturated carbocycles. The second-order valence-electron chi connectivity index (χ2n) is 5.92. The first-order valence-electron chi connectivity index (χ1n) is 8.11. The topological polar surface area (TPSA) is 69.9 Å². The average Bonchev–Trinajstić information content (AvgIpc) is 2.99. The number of hydrogen-bond acceptors (Lipinski definition) is 3. The lowest BCUT2D eigenvalue weighted by molar-refractivity contribution is 0.442. The summed E-state index contributed by atoms with van der Waals surface area (Å²) in [4.78, 5) is 6.62. The summed E-state index contributed by atoms with van der Waals surface area (Å²) < 4.78 is 28.3. The van der Waals surface area contributed by atoms with Crippen LogP contribution in [0, 0.1) is 0 Å². The zero-order chi connectivity index (χ0) is 17.7. The van der Waals surface area contributed by atoms with Crippen molar-refractivity contribution in [1.29, 1.82) is 0 Å². The molecule has 0 atom stereocenters. The Morgan fingerprint density at radius 1 is 1.48 bits per heavy atom. The van der Waals surface area contributed by atoms with E-state index in [1.807, 2.05) is 32.1 Å². The normalized spacial score (nSPS) is 17.4. The van der Waals surface area contributed by atoms with E-state index in [2.05, 4.69) is 36.9 Å². The van der Waals surface area contributed by atoms with Gasteiger partial charge in [0.25, 0.3) is 0 Å². The van der Waals surface area contributed by atoms with Gasteiger partial charge in [-0.2, -0.15) is 0 Å². The van der Waals surface area contributed by atoms with Crippen molar-refractivity contribution < 1.29 is 8.42 Å². The van der Waals surface area contributed by atoms with E-state index in [0.717, 1.165) is 29.2 Å². The van der Waals surface area contributed by atoms with E-state index in [9.17, 15) is 8.42 Å². The highest BCUT2D eigenvalue weighted by Gasteiger charge is 2.27. The van der Waals surface area contributed by atoms with Crippen molar-refractivity contribution in [2.45, 2.75) is 19.9 Å². The van der Waals surface area contributed by atoms with Crippen LogP contribution in [-0.2, 0) is 23.6 Å². The molecular weight excluding hydrogens is 521 g/mol. The lowest BCUT2D eigenvalue weighted by Crippen LogP contribution is -2.39. The fraction of sp³-hybridized carbons (Fsp3) is 0.667. The smallest absolute Gasteiger partial charge is 0.214 e. The minimum absolute atomic E-state index is 0. The van der Waals surface area contributed by atoms with Gasteiger partial charge in [-0.25, -0.2) is 12.7 Å². The highest BCUT2D eigenvalue weighted by Crippen LogP contribution is 2.15. The highest BCUT2D eigenvalue weighted by molar-refractivity contribution is 14.0. The summed E-state index contributed by atoms with van der Waals surface area (Å²) in [6.07, 6.45) is 2.74. The van der Waals surface area contributed by atoms with Crippen molar-refractivity contribution in [3.8, 4) is 0 Å². The molecule has 0 spiro atoms. The van der Waals surface area contributed by atoms with Crippen molar-refractivity contribution >= 4 is 55.9 Å².